The zero-order chi connectivity index (χ0) is 15.2. The summed E-state index contributed by atoms with van der Waals surface area (Å²) in [5.74, 6) is -1.03. The van der Waals surface area contributed by atoms with E-state index in [0.29, 0.717) is 5.56 Å². The minimum atomic E-state index is -0.879. The number of phenols is 2. The Morgan fingerprint density at radius 3 is 1.52 bits per heavy atom. The topological polar surface area (TPSA) is 77.8 Å². The molecule has 0 heterocycles. The lowest BCUT2D eigenvalue weighted by Gasteiger charge is -2.00. The van der Waals surface area contributed by atoms with Crippen LogP contribution < -0.4 is 0 Å². The molecule has 0 aliphatic rings. The molecule has 4 nitrogen and oxygen atoms in total. The summed E-state index contributed by atoms with van der Waals surface area (Å²) in [6.45, 7) is 0. The highest BCUT2D eigenvalue weighted by molar-refractivity contribution is 5.87. The molecule has 0 spiro atoms. The number of carbonyl (C=O) groups is 1. The predicted octanol–water partition coefficient (Wildman–Crippen LogP) is 3.64. The van der Waals surface area contributed by atoms with E-state index in [1.54, 1.807) is 42.5 Å². The SMILES string of the molecule is O=C(O)c1ccccc1.Oc1cc2ccccc2cc1O. The molecule has 106 valence electrons. The number of hydrogen-bond acceptors (Lipinski definition) is 3. The molecule has 0 aliphatic heterocycles. The van der Waals surface area contributed by atoms with E-state index in [2.05, 4.69) is 0 Å². The minimum absolute atomic E-state index is 0.0753. The minimum Gasteiger partial charge on any atom is -0.504 e. The number of aromatic hydroxyl groups is 2. The van der Waals surface area contributed by atoms with Gasteiger partial charge in [0.05, 0.1) is 5.56 Å². The van der Waals surface area contributed by atoms with Gasteiger partial charge in [-0.15, -0.1) is 0 Å². The molecule has 3 aromatic carbocycles. The summed E-state index contributed by atoms with van der Waals surface area (Å²) in [4.78, 5) is 10.2. The average Bonchev–Trinajstić information content (AvgIpc) is 2.50. The maximum atomic E-state index is 10.2. The van der Waals surface area contributed by atoms with Gasteiger partial charge in [0.15, 0.2) is 11.5 Å². The number of fused-ring (bicyclic) bond motifs is 1. The second kappa shape index (κ2) is 6.43. The maximum absolute atomic E-state index is 10.2. The van der Waals surface area contributed by atoms with Gasteiger partial charge in [0.1, 0.15) is 0 Å². The molecule has 0 bridgehead atoms. The van der Waals surface area contributed by atoms with Crippen LogP contribution in [-0.2, 0) is 0 Å². The number of phenolic OH excluding ortho intramolecular Hbond substituents is 2. The third-order valence-corrected chi connectivity index (χ3v) is 2.86. The van der Waals surface area contributed by atoms with E-state index in [9.17, 15) is 4.79 Å². The van der Waals surface area contributed by atoms with E-state index >= 15 is 0 Å². The van der Waals surface area contributed by atoms with Crippen LogP contribution in [0.25, 0.3) is 10.8 Å². The van der Waals surface area contributed by atoms with Crippen LogP contribution >= 0.6 is 0 Å². The fourth-order valence-electron chi connectivity index (χ4n) is 1.80. The Morgan fingerprint density at radius 2 is 1.14 bits per heavy atom. The molecule has 0 aromatic heterocycles. The van der Waals surface area contributed by atoms with Crippen molar-refractivity contribution in [1.29, 1.82) is 0 Å². The van der Waals surface area contributed by atoms with Gasteiger partial charge < -0.3 is 15.3 Å². The fourth-order valence-corrected chi connectivity index (χ4v) is 1.80. The highest BCUT2D eigenvalue weighted by Gasteiger charge is 2.00. The van der Waals surface area contributed by atoms with E-state index in [-0.39, 0.29) is 11.5 Å². The van der Waals surface area contributed by atoms with Crippen LogP contribution in [-0.4, -0.2) is 21.3 Å². The molecule has 0 saturated carbocycles. The molecular weight excluding hydrogens is 268 g/mol. The van der Waals surface area contributed by atoms with Gasteiger partial charge >= 0.3 is 5.97 Å². The van der Waals surface area contributed by atoms with Gasteiger partial charge in [-0.05, 0) is 35.0 Å². The summed E-state index contributed by atoms with van der Waals surface area (Å²) < 4.78 is 0. The van der Waals surface area contributed by atoms with E-state index < -0.39 is 5.97 Å². The first-order valence-corrected chi connectivity index (χ1v) is 6.27. The average molecular weight is 282 g/mol. The van der Waals surface area contributed by atoms with Crippen molar-refractivity contribution in [3.05, 3.63) is 72.3 Å². The van der Waals surface area contributed by atoms with E-state index in [1.807, 2.05) is 24.3 Å². The van der Waals surface area contributed by atoms with Crippen LogP contribution in [0, 0.1) is 0 Å². The van der Waals surface area contributed by atoms with Crippen LogP contribution in [0.1, 0.15) is 10.4 Å². The van der Waals surface area contributed by atoms with Crippen LogP contribution in [0.3, 0.4) is 0 Å². The lowest BCUT2D eigenvalue weighted by molar-refractivity contribution is 0.0697. The first-order chi connectivity index (χ1) is 10.1. The Kier molecular flexibility index (Phi) is 4.41. The normalized spacial score (nSPS) is 9.71. The number of hydrogen-bond donors (Lipinski definition) is 3. The number of carboxylic acid groups (broad SMARTS) is 1. The van der Waals surface area contributed by atoms with Crippen LogP contribution in [0.15, 0.2) is 66.7 Å². The quantitative estimate of drug-likeness (QED) is 0.595. The summed E-state index contributed by atoms with van der Waals surface area (Å²) in [7, 11) is 0. The molecule has 3 aromatic rings. The van der Waals surface area contributed by atoms with Gasteiger partial charge in [-0.25, -0.2) is 4.79 Å². The summed E-state index contributed by atoms with van der Waals surface area (Å²) in [6.07, 6.45) is 0. The summed E-state index contributed by atoms with van der Waals surface area (Å²) >= 11 is 0. The molecule has 0 aliphatic carbocycles. The van der Waals surface area contributed by atoms with Gasteiger partial charge in [0.25, 0.3) is 0 Å². The largest absolute Gasteiger partial charge is 0.504 e. The molecule has 0 atom stereocenters. The third-order valence-electron chi connectivity index (χ3n) is 2.86. The number of benzene rings is 3. The molecule has 3 rings (SSSR count). The van der Waals surface area contributed by atoms with E-state index in [4.69, 9.17) is 15.3 Å². The van der Waals surface area contributed by atoms with Gasteiger partial charge in [-0.3, -0.25) is 0 Å². The first-order valence-electron chi connectivity index (χ1n) is 6.27. The molecule has 0 fully saturated rings. The first kappa shape index (κ1) is 14.4. The van der Waals surface area contributed by atoms with Crippen LogP contribution in [0.4, 0.5) is 0 Å². The van der Waals surface area contributed by atoms with Crippen molar-refractivity contribution in [3.8, 4) is 11.5 Å². The zero-order valence-electron chi connectivity index (χ0n) is 11.1. The molecule has 0 saturated heterocycles. The van der Waals surface area contributed by atoms with Crippen molar-refractivity contribution in [3.63, 3.8) is 0 Å². The molecule has 0 amide bonds. The highest BCUT2D eigenvalue weighted by atomic mass is 16.4. The molecular formula is C17H14O4. The third kappa shape index (κ3) is 3.73. The van der Waals surface area contributed by atoms with E-state index in [1.165, 1.54) is 0 Å². The summed E-state index contributed by atoms with van der Waals surface area (Å²) in [5.41, 5.74) is 0.331. The Bertz CT molecular complexity index is 711. The number of carboxylic acids is 1. The van der Waals surface area contributed by atoms with E-state index in [0.717, 1.165) is 10.8 Å². The Morgan fingerprint density at radius 1 is 0.714 bits per heavy atom. The van der Waals surface area contributed by atoms with Crippen LogP contribution in [0.5, 0.6) is 11.5 Å². The van der Waals surface area contributed by atoms with Gasteiger partial charge in [0.2, 0.25) is 0 Å². The van der Waals surface area contributed by atoms with Crippen molar-refractivity contribution in [2.24, 2.45) is 0 Å². The second-order valence-corrected chi connectivity index (χ2v) is 4.36. The Labute approximate surface area is 121 Å². The summed E-state index contributed by atoms with van der Waals surface area (Å²) in [5, 5.41) is 28.6. The van der Waals surface area contributed by atoms with Crippen molar-refractivity contribution in [2.45, 2.75) is 0 Å². The molecule has 3 N–H and O–H groups in total. The molecule has 21 heavy (non-hydrogen) atoms. The van der Waals surface area contributed by atoms with Crippen molar-refractivity contribution in [1.82, 2.24) is 0 Å². The predicted molar refractivity (Wildman–Crippen MR) is 80.7 cm³/mol. The van der Waals surface area contributed by atoms with Gasteiger partial charge in [0, 0.05) is 0 Å². The monoisotopic (exact) mass is 282 g/mol. The Balaban J connectivity index is 0.000000161. The molecule has 0 radical (unpaired) electrons. The highest BCUT2D eigenvalue weighted by Crippen LogP contribution is 2.29. The smallest absolute Gasteiger partial charge is 0.335 e. The maximum Gasteiger partial charge on any atom is 0.335 e. The van der Waals surface area contributed by atoms with Gasteiger partial charge in [-0.2, -0.15) is 0 Å². The van der Waals surface area contributed by atoms with Gasteiger partial charge in [-0.1, -0.05) is 42.5 Å². The molecule has 0 unspecified atom stereocenters. The Hall–Kier alpha value is -3.01. The van der Waals surface area contributed by atoms with Crippen LogP contribution in [0.2, 0.25) is 0 Å². The van der Waals surface area contributed by atoms with Crippen molar-refractivity contribution >= 4 is 16.7 Å². The molecule has 4 heteroatoms. The standard InChI is InChI=1S/C10H8O2.C7H6O2/c11-9-5-7-3-1-2-4-8(7)6-10(9)12;8-7(9)6-4-2-1-3-5-6/h1-6,11-12H;1-5H,(H,8,9). The fraction of sp³-hybridized carbons (Fsp3) is 0. The number of rotatable bonds is 1. The van der Waals surface area contributed by atoms with Crippen molar-refractivity contribution < 1.29 is 20.1 Å². The van der Waals surface area contributed by atoms with Crippen molar-refractivity contribution in [2.75, 3.05) is 0 Å². The lowest BCUT2D eigenvalue weighted by Crippen LogP contribution is -1.93. The number of aromatic carboxylic acids is 1. The summed E-state index contributed by atoms with van der Waals surface area (Å²) in [6, 6.07) is 18.9. The second-order valence-electron chi connectivity index (χ2n) is 4.36. The zero-order valence-corrected chi connectivity index (χ0v) is 11.1. The lowest BCUT2D eigenvalue weighted by atomic mass is 10.1.